The fourth-order valence-corrected chi connectivity index (χ4v) is 3.29. The lowest BCUT2D eigenvalue weighted by molar-refractivity contribution is 0.281. The zero-order valence-electron chi connectivity index (χ0n) is 17.0. The van der Waals surface area contributed by atoms with Gasteiger partial charge >= 0.3 is 0 Å². The second-order valence-corrected chi connectivity index (χ2v) is 6.79. The van der Waals surface area contributed by atoms with Crippen molar-refractivity contribution in [3.05, 3.63) is 83.9 Å². The van der Waals surface area contributed by atoms with Crippen LogP contribution in [0.2, 0.25) is 0 Å². The van der Waals surface area contributed by atoms with Crippen molar-refractivity contribution in [2.75, 3.05) is 26.2 Å². The highest BCUT2D eigenvalue weighted by Crippen LogP contribution is 2.29. The second-order valence-electron chi connectivity index (χ2n) is 6.79. The fourth-order valence-electron chi connectivity index (χ4n) is 3.29. The van der Waals surface area contributed by atoms with Crippen LogP contribution < -0.4 is 11.5 Å². The minimum Gasteiger partial charge on any atom is -0.329 e. The van der Waals surface area contributed by atoms with Gasteiger partial charge in [0.05, 0.1) is 0 Å². The zero-order valence-corrected chi connectivity index (χ0v) is 19.4. The van der Waals surface area contributed by atoms with E-state index in [4.69, 9.17) is 11.5 Å². The number of halogens is 5. The summed E-state index contributed by atoms with van der Waals surface area (Å²) in [4.78, 5) is 2.21. The minimum atomic E-state index is -0.268. The number of hydrogen-bond acceptors (Lipinski definition) is 3. The van der Waals surface area contributed by atoms with Crippen molar-refractivity contribution >= 4 is 37.2 Å². The van der Waals surface area contributed by atoms with Crippen LogP contribution in [-0.4, -0.2) is 31.1 Å². The van der Waals surface area contributed by atoms with Crippen LogP contribution in [0.25, 0.3) is 22.3 Å². The van der Waals surface area contributed by atoms with Crippen LogP contribution in [0.15, 0.2) is 66.7 Å². The molecule has 0 spiro atoms. The summed E-state index contributed by atoms with van der Waals surface area (Å²) in [6, 6.07) is 19.1. The van der Waals surface area contributed by atoms with Crippen molar-refractivity contribution in [2.45, 2.75) is 6.54 Å². The molecule has 0 heterocycles. The minimum absolute atomic E-state index is 0. The van der Waals surface area contributed by atoms with E-state index in [2.05, 4.69) is 17.0 Å². The van der Waals surface area contributed by atoms with Gasteiger partial charge in [-0.3, -0.25) is 4.90 Å². The molecular formula is C23H28Cl3F2N3. The number of nitrogens with two attached hydrogens (primary N) is 2. The maximum absolute atomic E-state index is 13.3. The molecule has 0 saturated heterocycles. The van der Waals surface area contributed by atoms with Gasteiger partial charge in [0.1, 0.15) is 11.6 Å². The van der Waals surface area contributed by atoms with Crippen LogP contribution in [0.3, 0.4) is 0 Å². The average Bonchev–Trinajstić information content (AvgIpc) is 2.69. The number of rotatable bonds is 8. The van der Waals surface area contributed by atoms with Crippen LogP contribution >= 0.6 is 37.2 Å². The third kappa shape index (κ3) is 8.37. The van der Waals surface area contributed by atoms with Crippen molar-refractivity contribution < 1.29 is 8.78 Å². The Morgan fingerprint density at radius 3 is 1.32 bits per heavy atom. The smallest absolute Gasteiger partial charge is 0.123 e. The molecule has 0 saturated carbocycles. The lowest BCUT2D eigenvalue weighted by Gasteiger charge is -2.22. The molecular weight excluding hydrogens is 463 g/mol. The van der Waals surface area contributed by atoms with Crippen molar-refractivity contribution in [3.8, 4) is 22.3 Å². The van der Waals surface area contributed by atoms with Crippen LogP contribution in [0.1, 0.15) is 5.56 Å². The Labute approximate surface area is 201 Å². The molecule has 0 aliphatic rings. The monoisotopic (exact) mass is 489 g/mol. The van der Waals surface area contributed by atoms with Gasteiger partial charge in [0.2, 0.25) is 0 Å². The predicted octanol–water partition coefficient (Wildman–Crippen LogP) is 5.28. The van der Waals surface area contributed by atoms with Crippen molar-refractivity contribution in [3.63, 3.8) is 0 Å². The van der Waals surface area contributed by atoms with Crippen molar-refractivity contribution in [2.24, 2.45) is 11.5 Å². The largest absolute Gasteiger partial charge is 0.329 e. The molecule has 0 aliphatic heterocycles. The average molecular weight is 491 g/mol. The summed E-state index contributed by atoms with van der Waals surface area (Å²) in [5.74, 6) is -0.536. The summed E-state index contributed by atoms with van der Waals surface area (Å²) in [5, 5.41) is 0. The fraction of sp³-hybridized carbons (Fsp3) is 0.217. The summed E-state index contributed by atoms with van der Waals surface area (Å²) < 4.78 is 26.7. The first-order chi connectivity index (χ1) is 13.6. The molecule has 0 bridgehead atoms. The Bertz CT molecular complexity index is 837. The number of benzene rings is 3. The third-order valence-electron chi connectivity index (χ3n) is 4.64. The van der Waals surface area contributed by atoms with E-state index in [1.54, 1.807) is 24.3 Å². The molecule has 0 amide bonds. The molecule has 3 nitrogen and oxygen atoms in total. The summed E-state index contributed by atoms with van der Waals surface area (Å²) in [6.07, 6.45) is 0. The quantitative estimate of drug-likeness (QED) is 0.451. The van der Waals surface area contributed by atoms with E-state index in [1.165, 1.54) is 24.3 Å². The molecule has 0 unspecified atom stereocenters. The molecule has 0 aromatic heterocycles. The van der Waals surface area contributed by atoms with E-state index in [-0.39, 0.29) is 48.9 Å². The van der Waals surface area contributed by atoms with Gasteiger partial charge in [-0.05, 0) is 70.3 Å². The van der Waals surface area contributed by atoms with Crippen LogP contribution in [0.5, 0.6) is 0 Å². The summed E-state index contributed by atoms with van der Waals surface area (Å²) in [6.45, 7) is 3.33. The maximum Gasteiger partial charge on any atom is 0.123 e. The van der Waals surface area contributed by atoms with E-state index in [1.807, 2.05) is 6.07 Å². The molecule has 4 N–H and O–H groups in total. The molecule has 3 aromatic rings. The topological polar surface area (TPSA) is 55.3 Å². The van der Waals surface area contributed by atoms with E-state index >= 15 is 0 Å². The standard InChI is InChI=1S/C23H25F2N3.3ClH/c24-22-5-1-18(2-6-22)20-13-17(16-28(11-9-26)12-10-27)14-21(15-20)19-3-7-23(25)8-4-19;;;/h1-8,13-15H,9-12,16,26-27H2;3*1H. The van der Waals surface area contributed by atoms with Gasteiger partial charge in [-0.15, -0.1) is 37.2 Å². The second kappa shape index (κ2) is 14.4. The van der Waals surface area contributed by atoms with E-state index in [0.29, 0.717) is 19.6 Å². The molecule has 8 heteroatoms. The van der Waals surface area contributed by atoms with Crippen LogP contribution in [0.4, 0.5) is 8.78 Å². The lowest BCUT2D eigenvalue weighted by atomic mass is 9.96. The number of nitrogens with zero attached hydrogens (tertiary/aromatic N) is 1. The highest BCUT2D eigenvalue weighted by Gasteiger charge is 2.10. The SMILES string of the molecule is Cl.Cl.Cl.NCCN(CCN)Cc1cc(-c2ccc(F)cc2)cc(-c2ccc(F)cc2)c1. The molecule has 0 aliphatic carbocycles. The summed E-state index contributed by atoms with van der Waals surface area (Å²) >= 11 is 0. The first kappa shape index (κ1) is 29.3. The predicted molar refractivity (Wildman–Crippen MR) is 132 cm³/mol. The number of hydrogen-bond donors (Lipinski definition) is 2. The highest BCUT2D eigenvalue weighted by molar-refractivity contribution is 5.86. The summed E-state index contributed by atoms with van der Waals surface area (Å²) in [5.41, 5.74) is 16.4. The molecule has 0 radical (unpaired) electrons. The van der Waals surface area contributed by atoms with Gasteiger partial charge in [0.15, 0.2) is 0 Å². The van der Waals surface area contributed by atoms with Gasteiger partial charge in [-0.25, -0.2) is 8.78 Å². The highest BCUT2D eigenvalue weighted by atomic mass is 35.5. The maximum atomic E-state index is 13.3. The van der Waals surface area contributed by atoms with Gasteiger partial charge in [-0.1, -0.05) is 24.3 Å². The molecule has 31 heavy (non-hydrogen) atoms. The Kier molecular flexibility index (Phi) is 13.6. The van der Waals surface area contributed by atoms with E-state index in [9.17, 15) is 8.78 Å². The molecule has 170 valence electrons. The van der Waals surface area contributed by atoms with Gasteiger partial charge in [0, 0.05) is 32.7 Å². The molecule has 0 atom stereocenters. The Balaban J connectivity index is 0.00000300. The zero-order chi connectivity index (χ0) is 19.9. The van der Waals surface area contributed by atoms with Crippen LogP contribution in [0, 0.1) is 11.6 Å². The third-order valence-corrected chi connectivity index (χ3v) is 4.64. The van der Waals surface area contributed by atoms with Gasteiger partial charge in [-0.2, -0.15) is 0 Å². The van der Waals surface area contributed by atoms with Crippen molar-refractivity contribution in [1.29, 1.82) is 0 Å². The normalized spacial score (nSPS) is 10.1. The first-order valence-corrected chi connectivity index (χ1v) is 9.37. The van der Waals surface area contributed by atoms with Gasteiger partial charge in [0.25, 0.3) is 0 Å². The molecule has 3 aromatic carbocycles. The lowest BCUT2D eigenvalue weighted by Crippen LogP contribution is -2.33. The Hall–Kier alpha value is -1.73. The molecule has 3 rings (SSSR count). The first-order valence-electron chi connectivity index (χ1n) is 9.37. The van der Waals surface area contributed by atoms with E-state index in [0.717, 1.165) is 40.9 Å². The Morgan fingerprint density at radius 2 is 0.968 bits per heavy atom. The Morgan fingerprint density at radius 1 is 0.581 bits per heavy atom. The van der Waals surface area contributed by atoms with Crippen molar-refractivity contribution in [1.82, 2.24) is 4.90 Å². The molecule has 0 fully saturated rings. The summed E-state index contributed by atoms with van der Waals surface area (Å²) in [7, 11) is 0. The van der Waals surface area contributed by atoms with Gasteiger partial charge < -0.3 is 11.5 Å². The van der Waals surface area contributed by atoms with Crippen LogP contribution in [-0.2, 0) is 6.54 Å². The van der Waals surface area contributed by atoms with E-state index < -0.39 is 0 Å².